The number of esters is 1. The molecule has 28 heavy (non-hydrogen) atoms. The summed E-state index contributed by atoms with van der Waals surface area (Å²) in [4.78, 5) is 27.2. The number of amides is 1. The predicted octanol–water partition coefficient (Wildman–Crippen LogP) is 2.84. The summed E-state index contributed by atoms with van der Waals surface area (Å²) in [6.07, 6.45) is 0.509. The van der Waals surface area contributed by atoms with Crippen LogP contribution in [-0.4, -0.2) is 48.6 Å². The molecule has 0 bridgehead atoms. The Kier molecular flexibility index (Phi) is 6.82. The fourth-order valence-electron chi connectivity index (χ4n) is 3.77. The number of nitrogens with one attached hydrogen (secondary N) is 1. The van der Waals surface area contributed by atoms with E-state index in [4.69, 9.17) is 4.74 Å². The second-order valence-corrected chi connectivity index (χ2v) is 7.07. The van der Waals surface area contributed by atoms with Crippen LogP contribution < -0.4 is 5.32 Å². The zero-order valence-electron chi connectivity index (χ0n) is 16.6. The molecule has 1 amide bonds. The van der Waals surface area contributed by atoms with Crippen LogP contribution in [0.2, 0.25) is 0 Å². The molecule has 0 radical (unpaired) electrons. The summed E-state index contributed by atoms with van der Waals surface area (Å²) in [5.74, 6) is -0.653. The van der Waals surface area contributed by atoms with Crippen LogP contribution in [0.3, 0.4) is 0 Å². The van der Waals surface area contributed by atoms with E-state index in [9.17, 15) is 9.59 Å². The van der Waals surface area contributed by atoms with Gasteiger partial charge in [0.05, 0.1) is 5.56 Å². The van der Waals surface area contributed by atoms with Gasteiger partial charge in [0.1, 0.15) is 0 Å². The number of likely N-dealkylation sites (N-methyl/N-ethyl adjacent to an activating group) is 1. The van der Waals surface area contributed by atoms with E-state index < -0.39 is 12.1 Å². The quantitative estimate of drug-likeness (QED) is 0.716. The zero-order chi connectivity index (χ0) is 19.9. The first-order chi connectivity index (χ1) is 13.6. The van der Waals surface area contributed by atoms with E-state index in [0.29, 0.717) is 18.5 Å². The molecule has 0 spiro atoms. The van der Waals surface area contributed by atoms with Gasteiger partial charge >= 0.3 is 5.97 Å². The first kappa shape index (κ1) is 20.1. The lowest BCUT2D eigenvalue weighted by Gasteiger charge is -2.31. The lowest BCUT2D eigenvalue weighted by atomic mass is 9.98. The molecule has 1 N–H and O–H groups in total. The maximum absolute atomic E-state index is 12.7. The number of benzene rings is 2. The number of nitrogens with zero attached hydrogens (tertiary/aromatic N) is 1. The maximum atomic E-state index is 12.7. The minimum absolute atomic E-state index is 0.188. The second kappa shape index (κ2) is 9.51. The Morgan fingerprint density at radius 2 is 1.79 bits per heavy atom. The number of ether oxygens (including phenoxy) is 1. The lowest BCUT2D eigenvalue weighted by Crippen LogP contribution is -2.49. The summed E-state index contributed by atoms with van der Waals surface area (Å²) in [6, 6.07) is 17.8. The average Bonchev–Trinajstić information content (AvgIpc) is 2.73. The van der Waals surface area contributed by atoms with Gasteiger partial charge in [0.15, 0.2) is 6.10 Å². The molecule has 1 aliphatic rings. The van der Waals surface area contributed by atoms with Crippen molar-refractivity contribution in [3.63, 3.8) is 0 Å². The van der Waals surface area contributed by atoms with E-state index in [-0.39, 0.29) is 11.9 Å². The van der Waals surface area contributed by atoms with Crippen LogP contribution >= 0.6 is 0 Å². The molecule has 0 fully saturated rings. The number of carbonyl (C=O) groups excluding carboxylic acids is 2. The van der Waals surface area contributed by atoms with Gasteiger partial charge in [0, 0.05) is 19.0 Å². The topological polar surface area (TPSA) is 58.6 Å². The summed E-state index contributed by atoms with van der Waals surface area (Å²) in [7, 11) is 0. The van der Waals surface area contributed by atoms with Gasteiger partial charge in [-0.05, 0) is 36.7 Å². The molecule has 0 aliphatic carbocycles. The fraction of sp³-hybridized carbons (Fsp3) is 0.391. The number of rotatable bonds is 8. The Morgan fingerprint density at radius 1 is 1.11 bits per heavy atom. The maximum Gasteiger partial charge on any atom is 0.339 e. The van der Waals surface area contributed by atoms with Crippen molar-refractivity contribution in [2.75, 3.05) is 19.6 Å². The van der Waals surface area contributed by atoms with Crippen molar-refractivity contribution in [1.29, 1.82) is 0 Å². The molecule has 0 unspecified atom stereocenters. The highest BCUT2D eigenvalue weighted by molar-refractivity contribution is 5.95. The summed E-state index contributed by atoms with van der Waals surface area (Å²) in [5.41, 5.74) is 2.66. The smallest absolute Gasteiger partial charge is 0.339 e. The predicted molar refractivity (Wildman–Crippen MR) is 109 cm³/mol. The Morgan fingerprint density at radius 3 is 2.50 bits per heavy atom. The van der Waals surface area contributed by atoms with Crippen LogP contribution in [0.25, 0.3) is 0 Å². The van der Waals surface area contributed by atoms with Crippen molar-refractivity contribution in [3.05, 3.63) is 71.3 Å². The van der Waals surface area contributed by atoms with E-state index in [1.165, 1.54) is 5.56 Å². The minimum atomic E-state index is -0.767. The molecule has 0 saturated heterocycles. The third-order valence-corrected chi connectivity index (χ3v) is 5.34. The molecule has 5 nitrogen and oxygen atoms in total. The largest absolute Gasteiger partial charge is 0.448 e. The lowest BCUT2D eigenvalue weighted by molar-refractivity contribution is -0.130. The van der Waals surface area contributed by atoms with Crippen molar-refractivity contribution >= 4 is 11.9 Å². The molecule has 5 heteroatoms. The highest BCUT2D eigenvalue weighted by Crippen LogP contribution is 2.20. The number of hydrogen-bond acceptors (Lipinski definition) is 4. The summed E-state index contributed by atoms with van der Waals surface area (Å²) < 4.78 is 5.37. The molecule has 1 aliphatic heterocycles. The van der Waals surface area contributed by atoms with Crippen LogP contribution in [0.4, 0.5) is 0 Å². The van der Waals surface area contributed by atoms with Crippen LogP contribution in [0.5, 0.6) is 0 Å². The highest BCUT2D eigenvalue weighted by atomic mass is 16.5. The Bertz CT molecular complexity index is 803. The number of cyclic esters (lactones) is 1. The minimum Gasteiger partial charge on any atom is -0.448 e. The highest BCUT2D eigenvalue weighted by Gasteiger charge is 2.31. The van der Waals surface area contributed by atoms with Gasteiger partial charge in [0.25, 0.3) is 5.91 Å². The first-order valence-corrected chi connectivity index (χ1v) is 9.97. The third-order valence-electron chi connectivity index (χ3n) is 5.34. The average molecular weight is 380 g/mol. The summed E-state index contributed by atoms with van der Waals surface area (Å²) in [6.45, 7) is 6.60. The zero-order valence-corrected chi connectivity index (χ0v) is 16.6. The first-order valence-electron chi connectivity index (χ1n) is 9.97. The van der Waals surface area contributed by atoms with E-state index >= 15 is 0 Å². The summed E-state index contributed by atoms with van der Waals surface area (Å²) in [5, 5.41) is 3.02. The summed E-state index contributed by atoms with van der Waals surface area (Å²) >= 11 is 0. The molecular weight excluding hydrogens is 352 g/mol. The molecule has 0 saturated carbocycles. The van der Waals surface area contributed by atoms with Gasteiger partial charge in [-0.1, -0.05) is 62.4 Å². The van der Waals surface area contributed by atoms with Gasteiger partial charge in [-0.25, -0.2) is 4.79 Å². The second-order valence-electron chi connectivity index (χ2n) is 7.07. The Balaban J connectivity index is 1.64. The number of fused-ring (bicyclic) bond motifs is 1. The van der Waals surface area contributed by atoms with E-state index in [2.05, 4.69) is 36.2 Å². The number of hydrogen-bond donors (Lipinski definition) is 1. The SMILES string of the molecule is CCN(CC)[C@H](CNC(=O)[C@H]1Cc2ccccc2C(=O)O1)Cc1ccccc1. The van der Waals surface area contributed by atoms with E-state index in [1.54, 1.807) is 12.1 Å². The standard InChI is InChI=1S/C23H28N2O3/c1-3-25(4-2)19(14-17-10-6-5-7-11-17)16-24-22(26)21-15-18-12-8-9-13-20(18)23(27)28-21/h5-13,19,21H,3-4,14-16H2,1-2H3,(H,24,26)/t19-,21+/m0/s1. The van der Waals surface area contributed by atoms with Crippen LogP contribution in [-0.2, 0) is 22.4 Å². The molecule has 2 aromatic carbocycles. The van der Waals surface area contributed by atoms with Gasteiger partial charge in [-0.15, -0.1) is 0 Å². The molecule has 148 valence electrons. The van der Waals surface area contributed by atoms with Crippen LogP contribution in [0.1, 0.15) is 35.3 Å². The van der Waals surface area contributed by atoms with Gasteiger partial charge < -0.3 is 10.1 Å². The van der Waals surface area contributed by atoms with Crippen molar-refractivity contribution in [2.24, 2.45) is 0 Å². The van der Waals surface area contributed by atoms with Crippen molar-refractivity contribution in [3.8, 4) is 0 Å². The molecule has 1 heterocycles. The van der Waals surface area contributed by atoms with Crippen molar-refractivity contribution < 1.29 is 14.3 Å². The van der Waals surface area contributed by atoms with Crippen LogP contribution in [0, 0.1) is 0 Å². The number of carbonyl (C=O) groups is 2. The Hall–Kier alpha value is -2.66. The third kappa shape index (κ3) is 4.78. The van der Waals surface area contributed by atoms with Crippen molar-refractivity contribution in [1.82, 2.24) is 10.2 Å². The molecule has 0 aromatic heterocycles. The molecule has 2 aromatic rings. The van der Waals surface area contributed by atoms with Gasteiger partial charge in [-0.2, -0.15) is 0 Å². The monoisotopic (exact) mass is 380 g/mol. The van der Waals surface area contributed by atoms with Gasteiger partial charge in [0.2, 0.25) is 0 Å². The van der Waals surface area contributed by atoms with Crippen LogP contribution in [0.15, 0.2) is 54.6 Å². The Labute approximate surface area is 166 Å². The molecule has 2 atom stereocenters. The normalized spacial score (nSPS) is 17.0. The fourth-order valence-corrected chi connectivity index (χ4v) is 3.77. The molecule has 3 rings (SSSR count). The van der Waals surface area contributed by atoms with Crippen molar-refractivity contribution in [2.45, 2.75) is 38.8 Å². The van der Waals surface area contributed by atoms with E-state index in [1.807, 2.05) is 30.3 Å². The van der Waals surface area contributed by atoms with E-state index in [0.717, 1.165) is 25.1 Å². The molecular formula is C23H28N2O3. The van der Waals surface area contributed by atoms with Gasteiger partial charge in [-0.3, -0.25) is 9.69 Å².